The third-order valence-electron chi connectivity index (χ3n) is 2.75. The van der Waals surface area contributed by atoms with E-state index in [4.69, 9.17) is 10.4 Å². The number of ketones is 1. The number of carbonyl (C=O) groups is 1. The first-order valence-electron chi connectivity index (χ1n) is 5.59. The third kappa shape index (κ3) is 3.55. The summed E-state index contributed by atoms with van der Waals surface area (Å²) in [5, 5.41) is 29.8. The molecule has 1 aliphatic carbocycles. The molecule has 1 atom stereocenters. The lowest BCUT2D eigenvalue weighted by molar-refractivity contribution is -0.117. The van der Waals surface area contributed by atoms with Crippen LogP contribution in [-0.4, -0.2) is 35.3 Å². The molecule has 5 nitrogen and oxygen atoms in total. The summed E-state index contributed by atoms with van der Waals surface area (Å²) in [6.07, 6.45) is 0.0752. The molecule has 0 fully saturated rings. The zero-order valence-corrected chi connectivity index (χ0v) is 10.2. The van der Waals surface area contributed by atoms with Crippen LogP contribution >= 0.6 is 0 Å². The van der Waals surface area contributed by atoms with Crippen molar-refractivity contribution >= 4 is 5.78 Å². The smallest absolute Gasteiger partial charge is 0.175 e. The highest BCUT2D eigenvalue weighted by Gasteiger charge is 2.33. The lowest BCUT2D eigenvalue weighted by Crippen LogP contribution is -2.35. The van der Waals surface area contributed by atoms with Crippen molar-refractivity contribution in [1.82, 2.24) is 5.32 Å². The monoisotopic (exact) mass is 238 g/mol. The summed E-state index contributed by atoms with van der Waals surface area (Å²) in [6, 6.07) is 1.91. The first-order valence-corrected chi connectivity index (χ1v) is 5.59. The molecule has 0 spiro atoms. The topological polar surface area (TPSA) is 93.4 Å². The molecule has 0 heterocycles. The van der Waals surface area contributed by atoms with Gasteiger partial charge in [-0.05, 0) is 11.8 Å². The molecule has 3 N–H and O–H groups in total. The summed E-state index contributed by atoms with van der Waals surface area (Å²) < 4.78 is 0. The van der Waals surface area contributed by atoms with Crippen molar-refractivity contribution in [3.63, 3.8) is 0 Å². The molecule has 94 valence electrons. The van der Waals surface area contributed by atoms with Gasteiger partial charge in [-0.25, -0.2) is 0 Å². The van der Waals surface area contributed by atoms with Crippen LogP contribution in [0.4, 0.5) is 0 Å². The van der Waals surface area contributed by atoms with Gasteiger partial charge in [-0.2, -0.15) is 5.26 Å². The SMILES string of the molecule is CC1(C)CC(=O)C(C#N)=C(NC[C@@H](O)CO)C1. The Morgan fingerprint density at radius 1 is 1.53 bits per heavy atom. The minimum absolute atomic E-state index is 0.139. The highest BCUT2D eigenvalue weighted by molar-refractivity contribution is 6.01. The van der Waals surface area contributed by atoms with Crippen molar-refractivity contribution in [3.05, 3.63) is 11.3 Å². The predicted molar refractivity (Wildman–Crippen MR) is 61.8 cm³/mol. The predicted octanol–water partition coefficient (Wildman–Crippen LogP) is 0.0960. The quantitative estimate of drug-likeness (QED) is 0.645. The van der Waals surface area contributed by atoms with Crippen LogP contribution < -0.4 is 5.32 Å². The number of nitrogens with zero attached hydrogens (tertiary/aromatic N) is 1. The molecule has 0 radical (unpaired) electrons. The highest BCUT2D eigenvalue weighted by atomic mass is 16.3. The van der Waals surface area contributed by atoms with Crippen LogP contribution in [0.3, 0.4) is 0 Å². The number of hydrogen-bond acceptors (Lipinski definition) is 5. The largest absolute Gasteiger partial charge is 0.394 e. The fraction of sp³-hybridized carbons (Fsp3) is 0.667. The Balaban J connectivity index is 2.84. The van der Waals surface area contributed by atoms with E-state index in [1.54, 1.807) is 0 Å². The van der Waals surface area contributed by atoms with Crippen LogP contribution in [0.25, 0.3) is 0 Å². The van der Waals surface area contributed by atoms with Gasteiger partial charge in [0, 0.05) is 18.7 Å². The van der Waals surface area contributed by atoms with Crippen molar-refractivity contribution in [3.8, 4) is 6.07 Å². The van der Waals surface area contributed by atoms with E-state index in [0.29, 0.717) is 18.5 Å². The Bertz CT molecular complexity index is 380. The van der Waals surface area contributed by atoms with E-state index in [0.717, 1.165) is 0 Å². The third-order valence-corrected chi connectivity index (χ3v) is 2.75. The number of rotatable bonds is 4. The second-order valence-electron chi connectivity index (χ2n) is 5.12. The molecule has 0 aromatic carbocycles. The van der Waals surface area contributed by atoms with Crippen LogP contribution in [0.15, 0.2) is 11.3 Å². The van der Waals surface area contributed by atoms with Gasteiger partial charge in [-0.1, -0.05) is 13.8 Å². The van der Waals surface area contributed by atoms with Crippen LogP contribution in [0.5, 0.6) is 0 Å². The maximum Gasteiger partial charge on any atom is 0.175 e. The summed E-state index contributed by atoms with van der Waals surface area (Å²) in [4.78, 5) is 11.7. The molecule has 0 unspecified atom stereocenters. The Labute approximate surface area is 101 Å². The lowest BCUT2D eigenvalue weighted by Gasteiger charge is -2.31. The van der Waals surface area contributed by atoms with Gasteiger partial charge in [0.1, 0.15) is 11.6 Å². The summed E-state index contributed by atoms with van der Waals surface area (Å²) in [5.41, 5.74) is 0.542. The molecule has 1 rings (SSSR count). The average Bonchev–Trinajstić information content (AvgIpc) is 2.24. The highest BCUT2D eigenvalue weighted by Crippen LogP contribution is 2.35. The molecule has 0 amide bonds. The Morgan fingerprint density at radius 3 is 2.71 bits per heavy atom. The molecule has 0 saturated heterocycles. The molecule has 0 aliphatic heterocycles. The van der Waals surface area contributed by atoms with Gasteiger partial charge in [0.05, 0.1) is 12.7 Å². The fourth-order valence-corrected chi connectivity index (χ4v) is 1.91. The molecule has 0 aromatic rings. The fourth-order valence-electron chi connectivity index (χ4n) is 1.91. The van der Waals surface area contributed by atoms with E-state index in [9.17, 15) is 9.90 Å². The number of carbonyl (C=O) groups excluding carboxylic acids is 1. The summed E-state index contributed by atoms with van der Waals surface area (Å²) in [7, 11) is 0. The van der Waals surface area contributed by atoms with E-state index >= 15 is 0 Å². The van der Waals surface area contributed by atoms with Crippen molar-refractivity contribution in [2.75, 3.05) is 13.2 Å². The zero-order valence-electron chi connectivity index (χ0n) is 10.2. The zero-order chi connectivity index (χ0) is 13.1. The van der Waals surface area contributed by atoms with E-state index < -0.39 is 6.10 Å². The van der Waals surface area contributed by atoms with E-state index in [1.165, 1.54) is 0 Å². The number of aliphatic hydroxyl groups excluding tert-OH is 2. The number of hydrogen-bond donors (Lipinski definition) is 3. The normalized spacial score (nSPS) is 21.0. The minimum atomic E-state index is -0.886. The summed E-state index contributed by atoms with van der Waals surface area (Å²) in [6.45, 7) is 3.71. The molecule has 0 aromatic heterocycles. The van der Waals surface area contributed by atoms with E-state index in [1.807, 2.05) is 19.9 Å². The van der Waals surface area contributed by atoms with Gasteiger partial charge >= 0.3 is 0 Å². The van der Waals surface area contributed by atoms with Crippen molar-refractivity contribution < 1.29 is 15.0 Å². The van der Waals surface area contributed by atoms with Crippen LogP contribution in [0.2, 0.25) is 0 Å². The minimum Gasteiger partial charge on any atom is -0.394 e. The van der Waals surface area contributed by atoms with Gasteiger partial charge in [0.15, 0.2) is 5.78 Å². The first-order chi connectivity index (χ1) is 7.89. The van der Waals surface area contributed by atoms with E-state index in [2.05, 4.69) is 5.32 Å². The number of aliphatic hydroxyl groups is 2. The van der Waals surface area contributed by atoms with Crippen LogP contribution in [0.1, 0.15) is 26.7 Å². The Kier molecular flexibility index (Phi) is 4.27. The van der Waals surface area contributed by atoms with Gasteiger partial charge in [0.25, 0.3) is 0 Å². The van der Waals surface area contributed by atoms with Gasteiger partial charge in [-0.15, -0.1) is 0 Å². The molecular formula is C12H18N2O3. The molecule has 0 bridgehead atoms. The maximum atomic E-state index is 11.7. The standard InChI is InChI=1S/C12H18N2O3/c1-12(2)3-10(14-6-8(16)7-15)9(5-13)11(17)4-12/h8,14-16H,3-4,6-7H2,1-2H3/t8-/m1/s1. The lowest BCUT2D eigenvalue weighted by atomic mass is 9.76. The summed E-state index contributed by atoms with van der Waals surface area (Å²) in [5.74, 6) is -0.162. The molecule has 17 heavy (non-hydrogen) atoms. The Morgan fingerprint density at radius 2 is 2.18 bits per heavy atom. The van der Waals surface area contributed by atoms with E-state index in [-0.39, 0.29) is 29.9 Å². The molecule has 5 heteroatoms. The van der Waals surface area contributed by atoms with Gasteiger partial charge in [-0.3, -0.25) is 4.79 Å². The average molecular weight is 238 g/mol. The molecular weight excluding hydrogens is 220 g/mol. The number of Topliss-reactive ketones (excluding diaryl/α,β-unsaturated/α-hetero) is 1. The second-order valence-corrected chi connectivity index (χ2v) is 5.12. The molecule has 0 saturated carbocycles. The number of nitrogens with one attached hydrogen (secondary N) is 1. The van der Waals surface area contributed by atoms with Crippen LogP contribution in [0, 0.1) is 16.7 Å². The van der Waals surface area contributed by atoms with Gasteiger partial charge < -0.3 is 15.5 Å². The maximum absolute atomic E-state index is 11.7. The van der Waals surface area contributed by atoms with Gasteiger partial charge in [0.2, 0.25) is 0 Å². The van der Waals surface area contributed by atoms with Crippen LogP contribution in [-0.2, 0) is 4.79 Å². The van der Waals surface area contributed by atoms with Crippen molar-refractivity contribution in [2.45, 2.75) is 32.8 Å². The van der Waals surface area contributed by atoms with Crippen molar-refractivity contribution in [1.29, 1.82) is 5.26 Å². The second kappa shape index (κ2) is 5.30. The Hall–Kier alpha value is -1.38. The number of allylic oxidation sites excluding steroid dienone is 2. The number of nitriles is 1. The van der Waals surface area contributed by atoms with Crippen molar-refractivity contribution in [2.24, 2.45) is 5.41 Å². The molecule has 1 aliphatic rings. The first kappa shape index (κ1) is 13.7. The summed E-state index contributed by atoms with van der Waals surface area (Å²) >= 11 is 0.